The zero-order chi connectivity index (χ0) is 11.5. The van der Waals surface area contributed by atoms with Crippen LogP contribution >= 0.6 is 11.3 Å². The molecule has 1 aromatic heterocycles. The average Bonchev–Trinajstić information content (AvgIpc) is 3.03. The number of rotatable bonds is 6. The summed E-state index contributed by atoms with van der Waals surface area (Å²) in [6.07, 6.45) is 5.44. The lowest BCUT2D eigenvalue weighted by molar-refractivity contribution is 0.112. The second-order valence-electron chi connectivity index (χ2n) is 4.19. The fraction of sp³-hybridized carbons (Fsp3) is 0.667. The van der Waals surface area contributed by atoms with Gasteiger partial charge in [-0.05, 0) is 26.2 Å². The van der Waals surface area contributed by atoms with Gasteiger partial charge < -0.3 is 4.90 Å². The van der Waals surface area contributed by atoms with Crippen molar-refractivity contribution in [2.75, 3.05) is 11.4 Å². The maximum Gasteiger partial charge on any atom is 0.186 e. The topological polar surface area (TPSA) is 33.2 Å². The van der Waals surface area contributed by atoms with E-state index in [9.17, 15) is 4.79 Å². The Bertz CT molecular complexity index is 371. The van der Waals surface area contributed by atoms with Crippen molar-refractivity contribution in [2.24, 2.45) is 0 Å². The lowest BCUT2D eigenvalue weighted by Gasteiger charge is -2.18. The highest BCUT2D eigenvalue weighted by atomic mass is 32.1. The minimum absolute atomic E-state index is 0.671. The lowest BCUT2D eigenvalue weighted by Crippen LogP contribution is -2.24. The van der Waals surface area contributed by atoms with E-state index in [0.717, 1.165) is 41.4 Å². The Morgan fingerprint density at radius 1 is 1.50 bits per heavy atom. The van der Waals surface area contributed by atoms with Gasteiger partial charge in [-0.1, -0.05) is 24.7 Å². The number of nitrogens with zero attached hydrogens (tertiary/aromatic N) is 2. The van der Waals surface area contributed by atoms with Crippen molar-refractivity contribution in [1.82, 2.24) is 4.98 Å². The largest absolute Gasteiger partial charge is 0.345 e. The first-order chi connectivity index (χ1) is 7.80. The maximum absolute atomic E-state index is 11.0. The molecule has 0 saturated heterocycles. The first-order valence-electron chi connectivity index (χ1n) is 6.01. The Morgan fingerprint density at radius 3 is 2.75 bits per heavy atom. The fourth-order valence-corrected chi connectivity index (χ4v) is 2.98. The summed E-state index contributed by atoms with van der Waals surface area (Å²) in [5, 5.41) is 1.04. The third kappa shape index (κ3) is 2.26. The molecule has 0 unspecified atom stereocenters. The minimum atomic E-state index is 0.671. The number of aromatic nitrogens is 1. The molecule has 0 radical (unpaired) electrons. The van der Waals surface area contributed by atoms with Crippen LogP contribution in [0.1, 0.15) is 48.5 Å². The van der Waals surface area contributed by atoms with E-state index < -0.39 is 0 Å². The number of aldehydes is 1. The van der Waals surface area contributed by atoms with Crippen LogP contribution in [0.5, 0.6) is 0 Å². The van der Waals surface area contributed by atoms with Gasteiger partial charge in [0.2, 0.25) is 0 Å². The highest BCUT2D eigenvalue weighted by Crippen LogP contribution is 2.34. The summed E-state index contributed by atoms with van der Waals surface area (Å²) in [7, 11) is 0. The second-order valence-corrected chi connectivity index (χ2v) is 5.20. The van der Waals surface area contributed by atoms with Gasteiger partial charge in [0.05, 0.1) is 10.6 Å². The number of hydrogen-bond donors (Lipinski definition) is 0. The Balaban J connectivity index is 2.22. The van der Waals surface area contributed by atoms with Gasteiger partial charge in [-0.25, -0.2) is 4.98 Å². The predicted molar refractivity (Wildman–Crippen MR) is 67.5 cm³/mol. The third-order valence-corrected chi connectivity index (χ3v) is 3.94. The zero-order valence-electron chi connectivity index (χ0n) is 9.90. The summed E-state index contributed by atoms with van der Waals surface area (Å²) in [6.45, 7) is 5.26. The van der Waals surface area contributed by atoms with Gasteiger partial charge >= 0.3 is 0 Å². The van der Waals surface area contributed by atoms with Crippen molar-refractivity contribution in [1.29, 1.82) is 0 Å². The SMILES string of the molecule is CCCc1nc(N(CC)C2CC2)sc1C=O. The van der Waals surface area contributed by atoms with E-state index in [4.69, 9.17) is 0 Å². The zero-order valence-corrected chi connectivity index (χ0v) is 10.7. The van der Waals surface area contributed by atoms with Crippen molar-refractivity contribution < 1.29 is 4.79 Å². The van der Waals surface area contributed by atoms with E-state index in [1.165, 1.54) is 12.8 Å². The first-order valence-corrected chi connectivity index (χ1v) is 6.83. The van der Waals surface area contributed by atoms with Crippen LogP contribution < -0.4 is 4.90 Å². The normalized spacial score (nSPS) is 15.1. The second kappa shape index (κ2) is 4.95. The molecule has 1 aromatic rings. The van der Waals surface area contributed by atoms with Gasteiger partial charge in [0.25, 0.3) is 0 Å². The van der Waals surface area contributed by atoms with Crippen LogP contribution in [0.4, 0.5) is 5.13 Å². The van der Waals surface area contributed by atoms with E-state index >= 15 is 0 Å². The summed E-state index contributed by atoms with van der Waals surface area (Å²) >= 11 is 1.55. The van der Waals surface area contributed by atoms with Crippen molar-refractivity contribution in [2.45, 2.75) is 45.6 Å². The Hall–Kier alpha value is -0.900. The monoisotopic (exact) mass is 238 g/mol. The number of carbonyl (C=O) groups is 1. The molecule has 4 heteroatoms. The molecule has 2 rings (SSSR count). The van der Waals surface area contributed by atoms with E-state index in [2.05, 4.69) is 23.7 Å². The van der Waals surface area contributed by atoms with Gasteiger partial charge in [-0.3, -0.25) is 4.79 Å². The van der Waals surface area contributed by atoms with E-state index in [-0.39, 0.29) is 0 Å². The molecule has 3 nitrogen and oxygen atoms in total. The van der Waals surface area contributed by atoms with Gasteiger partial charge in [0.15, 0.2) is 11.4 Å². The van der Waals surface area contributed by atoms with Crippen LogP contribution in [0.2, 0.25) is 0 Å². The molecule has 0 aliphatic heterocycles. The smallest absolute Gasteiger partial charge is 0.186 e. The number of anilines is 1. The summed E-state index contributed by atoms with van der Waals surface area (Å²) in [6, 6.07) is 0.671. The Labute approximate surface area is 100 Å². The molecule has 1 aliphatic rings. The fourth-order valence-electron chi connectivity index (χ4n) is 1.92. The van der Waals surface area contributed by atoms with Gasteiger partial charge in [0.1, 0.15) is 0 Å². The molecule has 16 heavy (non-hydrogen) atoms. The van der Waals surface area contributed by atoms with E-state index in [0.29, 0.717) is 6.04 Å². The Morgan fingerprint density at radius 2 is 2.25 bits per heavy atom. The number of aryl methyl sites for hydroxylation is 1. The summed E-state index contributed by atoms with van der Waals surface area (Å²) in [5.41, 5.74) is 0.983. The van der Waals surface area contributed by atoms with E-state index in [1.54, 1.807) is 11.3 Å². The van der Waals surface area contributed by atoms with Crippen LogP contribution in [-0.2, 0) is 6.42 Å². The van der Waals surface area contributed by atoms with Gasteiger partial charge in [-0.15, -0.1) is 0 Å². The van der Waals surface area contributed by atoms with Crippen molar-refractivity contribution in [3.63, 3.8) is 0 Å². The average molecular weight is 238 g/mol. The molecule has 1 aliphatic carbocycles. The summed E-state index contributed by atoms with van der Waals surface area (Å²) in [4.78, 5) is 18.7. The predicted octanol–water partition coefficient (Wildman–Crippen LogP) is 2.90. The first kappa shape index (κ1) is 11.6. The summed E-state index contributed by atoms with van der Waals surface area (Å²) < 4.78 is 0. The number of thiazole rings is 1. The third-order valence-electron chi connectivity index (χ3n) is 2.88. The molecule has 1 fully saturated rings. The number of hydrogen-bond acceptors (Lipinski definition) is 4. The minimum Gasteiger partial charge on any atom is -0.345 e. The molecule has 0 spiro atoms. The number of carbonyl (C=O) groups excluding carboxylic acids is 1. The van der Waals surface area contributed by atoms with Crippen LogP contribution in [0.15, 0.2) is 0 Å². The molecule has 0 N–H and O–H groups in total. The highest BCUT2D eigenvalue weighted by Gasteiger charge is 2.30. The van der Waals surface area contributed by atoms with Crippen LogP contribution in [0.25, 0.3) is 0 Å². The molecule has 1 heterocycles. The molecule has 0 bridgehead atoms. The van der Waals surface area contributed by atoms with Crippen LogP contribution in [0.3, 0.4) is 0 Å². The van der Waals surface area contributed by atoms with Crippen molar-refractivity contribution in [3.05, 3.63) is 10.6 Å². The Kier molecular flexibility index (Phi) is 3.59. The molecule has 88 valence electrons. The molecule has 0 atom stereocenters. The van der Waals surface area contributed by atoms with Crippen LogP contribution in [-0.4, -0.2) is 23.9 Å². The van der Waals surface area contributed by atoms with Crippen LogP contribution in [0, 0.1) is 0 Å². The maximum atomic E-state index is 11.0. The molecule has 0 amide bonds. The molecule has 1 saturated carbocycles. The quantitative estimate of drug-likeness (QED) is 0.714. The highest BCUT2D eigenvalue weighted by molar-refractivity contribution is 7.17. The van der Waals surface area contributed by atoms with Crippen molar-refractivity contribution in [3.8, 4) is 0 Å². The standard InChI is InChI=1S/C12H18N2OS/c1-3-5-10-11(8-15)16-12(13-10)14(4-2)9-6-7-9/h8-9H,3-7H2,1-2H3. The van der Waals surface area contributed by atoms with Crippen molar-refractivity contribution >= 4 is 22.8 Å². The van der Waals surface area contributed by atoms with E-state index in [1.807, 2.05) is 0 Å². The molecular formula is C12H18N2OS. The summed E-state index contributed by atoms with van der Waals surface area (Å²) in [5.74, 6) is 0. The van der Waals surface area contributed by atoms with Gasteiger partial charge in [-0.2, -0.15) is 0 Å². The molecular weight excluding hydrogens is 220 g/mol. The molecule has 0 aromatic carbocycles. The van der Waals surface area contributed by atoms with Gasteiger partial charge in [0, 0.05) is 12.6 Å². The lowest BCUT2D eigenvalue weighted by atomic mass is 10.2.